The smallest absolute Gasteiger partial charge is 0.220 e. The van der Waals surface area contributed by atoms with Crippen LogP contribution in [0.1, 0.15) is 44.1 Å². The van der Waals surface area contributed by atoms with E-state index in [-0.39, 0.29) is 5.91 Å². The van der Waals surface area contributed by atoms with Gasteiger partial charge in [-0.2, -0.15) is 0 Å². The van der Waals surface area contributed by atoms with E-state index in [2.05, 4.69) is 42.6 Å². The van der Waals surface area contributed by atoms with E-state index in [1.165, 1.54) is 41.7 Å². The average Bonchev–Trinajstić information content (AvgIpc) is 2.50. The zero-order chi connectivity index (χ0) is 14.9. The van der Waals surface area contributed by atoms with Gasteiger partial charge in [0.05, 0.1) is 0 Å². The predicted molar refractivity (Wildman–Crippen MR) is 90.7 cm³/mol. The maximum atomic E-state index is 11.8. The van der Waals surface area contributed by atoms with Crippen LogP contribution in [0.3, 0.4) is 0 Å². The zero-order valence-corrected chi connectivity index (χ0v) is 13.7. The lowest BCUT2D eigenvalue weighted by Gasteiger charge is -2.12. The lowest BCUT2D eigenvalue weighted by atomic mass is 9.97. The zero-order valence-electron chi connectivity index (χ0n) is 12.9. The maximum Gasteiger partial charge on any atom is 0.220 e. The van der Waals surface area contributed by atoms with E-state index < -0.39 is 0 Å². The third-order valence-corrected chi connectivity index (χ3v) is 4.79. The highest BCUT2D eigenvalue weighted by Gasteiger charge is 2.05. The minimum Gasteiger partial charge on any atom is -0.356 e. The van der Waals surface area contributed by atoms with Crippen LogP contribution in [0.25, 0.3) is 0 Å². The first-order valence-electron chi connectivity index (χ1n) is 7.88. The molecule has 0 aromatic heterocycles. The summed E-state index contributed by atoms with van der Waals surface area (Å²) in [5.41, 5.74) is 2.80. The number of carbonyl (C=O) groups is 1. The van der Waals surface area contributed by atoms with Gasteiger partial charge in [-0.25, -0.2) is 0 Å². The molecule has 1 aliphatic rings. The summed E-state index contributed by atoms with van der Waals surface area (Å²) in [5, 5.41) is 3.03. The fourth-order valence-electron chi connectivity index (χ4n) is 2.48. The normalized spacial score (nSPS) is 14.6. The molecule has 2 nitrogen and oxygen atoms in total. The van der Waals surface area contributed by atoms with Gasteiger partial charge in [0.25, 0.3) is 0 Å². The lowest BCUT2D eigenvalue weighted by molar-refractivity contribution is -0.120. The Bertz CT molecular complexity index is 478. The first-order valence-corrected chi connectivity index (χ1v) is 8.87. The van der Waals surface area contributed by atoms with Crippen LogP contribution in [-0.4, -0.2) is 18.2 Å². The molecule has 21 heavy (non-hydrogen) atoms. The van der Waals surface area contributed by atoms with Crippen LogP contribution >= 0.6 is 11.8 Å². The minimum atomic E-state index is 0.172. The Morgan fingerprint density at radius 1 is 1.24 bits per heavy atom. The van der Waals surface area contributed by atoms with Crippen molar-refractivity contribution in [2.45, 2.75) is 50.3 Å². The molecule has 0 fully saturated rings. The van der Waals surface area contributed by atoms with Gasteiger partial charge >= 0.3 is 0 Å². The number of nitrogens with one attached hydrogen (secondary N) is 1. The SMILES string of the molecule is Cc1ccc(SCCC(=O)NCCC2=CCCCC2)cc1. The van der Waals surface area contributed by atoms with Crippen LogP contribution < -0.4 is 5.32 Å². The molecule has 1 amide bonds. The summed E-state index contributed by atoms with van der Waals surface area (Å²) < 4.78 is 0. The van der Waals surface area contributed by atoms with Gasteiger partial charge in [-0.05, 0) is 51.2 Å². The molecule has 3 heteroatoms. The molecule has 0 atom stereocenters. The van der Waals surface area contributed by atoms with Crippen LogP contribution in [0, 0.1) is 6.92 Å². The van der Waals surface area contributed by atoms with Crippen LogP contribution in [0.15, 0.2) is 40.8 Å². The lowest BCUT2D eigenvalue weighted by Crippen LogP contribution is -2.25. The van der Waals surface area contributed by atoms with Crippen molar-refractivity contribution in [2.75, 3.05) is 12.3 Å². The third-order valence-electron chi connectivity index (χ3n) is 3.77. The molecule has 1 aromatic carbocycles. The van der Waals surface area contributed by atoms with Gasteiger partial charge in [-0.1, -0.05) is 29.3 Å². The standard InChI is InChI=1S/C18H25NOS/c1-15-7-9-17(10-8-15)21-14-12-18(20)19-13-11-16-5-3-2-4-6-16/h5,7-10H,2-4,6,11-14H2,1H3,(H,19,20). The number of thioether (sulfide) groups is 1. The summed E-state index contributed by atoms with van der Waals surface area (Å²) >= 11 is 1.75. The molecule has 0 radical (unpaired) electrons. The first kappa shape index (κ1) is 16.2. The Hall–Kier alpha value is -1.22. The Morgan fingerprint density at radius 3 is 2.76 bits per heavy atom. The van der Waals surface area contributed by atoms with Crippen molar-refractivity contribution in [1.29, 1.82) is 0 Å². The summed E-state index contributed by atoms with van der Waals surface area (Å²) in [5.74, 6) is 1.02. The summed E-state index contributed by atoms with van der Waals surface area (Å²) in [7, 11) is 0. The molecule has 0 unspecified atom stereocenters. The minimum absolute atomic E-state index is 0.172. The molecular weight excluding hydrogens is 278 g/mol. The van der Waals surface area contributed by atoms with Crippen LogP contribution in [0.4, 0.5) is 0 Å². The Kier molecular flexibility index (Phi) is 6.87. The van der Waals surface area contributed by atoms with Crippen LogP contribution in [0.5, 0.6) is 0 Å². The molecular formula is C18H25NOS. The van der Waals surface area contributed by atoms with Gasteiger partial charge in [-0.15, -0.1) is 11.8 Å². The van der Waals surface area contributed by atoms with E-state index in [9.17, 15) is 4.79 Å². The highest BCUT2D eigenvalue weighted by Crippen LogP contribution is 2.20. The number of allylic oxidation sites excluding steroid dienone is 1. The summed E-state index contributed by atoms with van der Waals surface area (Å²) in [6.07, 6.45) is 9.05. The van der Waals surface area contributed by atoms with Gasteiger partial charge in [0.1, 0.15) is 0 Å². The number of benzene rings is 1. The van der Waals surface area contributed by atoms with E-state index in [0.29, 0.717) is 6.42 Å². The van der Waals surface area contributed by atoms with Crippen molar-refractivity contribution in [3.8, 4) is 0 Å². The molecule has 1 aromatic rings. The van der Waals surface area contributed by atoms with Crippen molar-refractivity contribution in [3.05, 3.63) is 41.5 Å². The van der Waals surface area contributed by atoms with Crippen molar-refractivity contribution in [1.82, 2.24) is 5.32 Å². The molecule has 1 aliphatic carbocycles. The molecule has 2 rings (SSSR count). The van der Waals surface area contributed by atoms with Gasteiger partial charge in [0, 0.05) is 23.6 Å². The number of hydrogen-bond acceptors (Lipinski definition) is 2. The topological polar surface area (TPSA) is 29.1 Å². The summed E-state index contributed by atoms with van der Waals surface area (Å²) in [4.78, 5) is 13.0. The van der Waals surface area contributed by atoms with E-state index in [1.807, 2.05) is 0 Å². The number of amides is 1. The highest BCUT2D eigenvalue weighted by atomic mass is 32.2. The number of rotatable bonds is 7. The third kappa shape index (κ3) is 6.38. The first-order chi connectivity index (χ1) is 10.2. The Labute approximate surface area is 132 Å². The Morgan fingerprint density at radius 2 is 2.05 bits per heavy atom. The molecule has 0 heterocycles. The fraction of sp³-hybridized carbons (Fsp3) is 0.500. The number of hydrogen-bond donors (Lipinski definition) is 1. The molecule has 0 bridgehead atoms. The van der Waals surface area contributed by atoms with Crippen LogP contribution in [0.2, 0.25) is 0 Å². The van der Waals surface area contributed by atoms with Gasteiger partial charge in [0.15, 0.2) is 0 Å². The number of carbonyl (C=O) groups excluding carboxylic acids is 1. The molecule has 0 aliphatic heterocycles. The van der Waals surface area contributed by atoms with Gasteiger partial charge in [-0.3, -0.25) is 4.79 Å². The van der Waals surface area contributed by atoms with E-state index >= 15 is 0 Å². The molecule has 0 saturated heterocycles. The summed E-state index contributed by atoms with van der Waals surface area (Å²) in [6.45, 7) is 2.88. The second-order valence-corrected chi connectivity index (χ2v) is 6.79. The maximum absolute atomic E-state index is 11.8. The van der Waals surface area contributed by atoms with Crippen molar-refractivity contribution in [2.24, 2.45) is 0 Å². The molecule has 0 spiro atoms. The predicted octanol–water partition coefficient (Wildman–Crippen LogP) is 4.48. The van der Waals surface area contributed by atoms with Gasteiger partial charge < -0.3 is 5.32 Å². The van der Waals surface area contributed by atoms with Crippen molar-refractivity contribution >= 4 is 17.7 Å². The monoisotopic (exact) mass is 303 g/mol. The van der Waals surface area contributed by atoms with E-state index in [4.69, 9.17) is 0 Å². The van der Waals surface area contributed by atoms with Crippen molar-refractivity contribution in [3.63, 3.8) is 0 Å². The van der Waals surface area contributed by atoms with Gasteiger partial charge in [0.2, 0.25) is 5.91 Å². The highest BCUT2D eigenvalue weighted by molar-refractivity contribution is 7.99. The second-order valence-electron chi connectivity index (χ2n) is 5.62. The van der Waals surface area contributed by atoms with E-state index in [1.54, 1.807) is 11.8 Å². The molecule has 0 saturated carbocycles. The average molecular weight is 303 g/mol. The Balaban J connectivity index is 1.57. The number of aryl methyl sites for hydroxylation is 1. The van der Waals surface area contributed by atoms with E-state index in [0.717, 1.165) is 18.7 Å². The fourth-order valence-corrected chi connectivity index (χ4v) is 3.33. The summed E-state index contributed by atoms with van der Waals surface area (Å²) in [6, 6.07) is 8.46. The molecule has 1 N–H and O–H groups in total. The van der Waals surface area contributed by atoms with Crippen LogP contribution in [-0.2, 0) is 4.79 Å². The molecule has 114 valence electrons. The quantitative estimate of drug-likeness (QED) is 0.594. The largest absolute Gasteiger partial charge is 0.356 e. The second kappa shape index (κ2) is 8.93. The van der Waals surface area contributed by atoms with Crippen molar-refractivity contribution < 1.29 is 4.79 Å².